The van der Waals surface area contributed by atoms with Crippen molar-refractivity contribution in [3.05, 3.63) is 80.6 Å². The molecule has 0 saturated carbocycles. The fourth-order valence-electron chi connectivity index (χ4n) is 2.20. The van der Waals surface area contributed by atoms with Gasteiger partial charge in [-0.3, -0.25) is 9.78 Å². The van der Waals surface area contributed by atoms with Gasteiger partial charge in [-0.1, -0.05) is 57.9 Å². The second kappa shape index (κ2) is 6.79. The van der Waals surface area contributed by atoms with Gasteiger partial charge in [-0.15, -0.1) is 0 Å². The van der Waals surface area contributed by atoms with E-state index in [-0.39, 0.29) is 5.56 Å². The summed E-state index contributed by atoms with van der Waals surface area (Å²) in [5, 5.41) is 3.16. The molecule has 0 atom stereocenters. The Morgan fingerprint density at radius 3 is 2.48 bits per heavy atom. The van der Waals surface area contributed by atoms with E-state index in [1.807, 2.05) is 55.5 Å². The van der Waals surface area contributed by atoms with Crippen LogP contribution in [0.3, 0.4) is 0 Å². The molecule has 0 amide bonds. The van der Waals surface area contributed by atoms with Crippen LogP contribution in [0.4, 0.5) is 5.95 Å². The lowest BCUT2D eigenvalue weighted by atomic mass is 10.1. The van der Waals surface area contributed by atoms with Crippen molar-refractivity contribution >= 4 is 21.9 Å². The smallest absolute Gasteiger partial charge is 0.252 e. The molecule has 116 valence electrons. The Morgan fingerprint density at radius 1 is 1.09 bits per heavy atom. The highest BCUT2D eigenvalue weighted by molar-refractivity contribution is 9.10. The highest BCUT2D eigenvalue weighted by atomic mass is 79.9. The van der Waals surface area contributed by atoms with Crippen LogP contribution in [0.1, 0.15) is 11.1 Å². The number of hydrogen-bond donors (Lipinski definition) is 2. The molecule has 2 N–H and O–H groups in total. The Labute approximate surface area is 142 Å². The van der Waals surface area contributed by atoms with Crippen LogP contribution in [0.15, 0.2) is 63.9 Å². The summed E-state index contributed by atoms with van der Waals surface area (Å²) in [6, 6.07) is 17.4. The van der Waals surface area contributed by atoms with Gasteiger partial charge in [0.1, 0.15) is 0 Å². The molecule has 0 aliphatic carbocycles. The van der Waals surface area contributed by atoms with E-state index in [0.29, 0.717) is 18.2 Å². The monoisotopic (exact) mass is 369 g/mol. The van der Waals surface area contributed by atoms with E-state index < -0.39 is 0 Å². The maximum absolute atomic E-state index is 11.9. The first-order chi connectivity index (χ1) is 11.1. The van der Waals surface area contributed by atoms with Crippen molar-refractivity contribution in [3.63, 3.8) is 0 Å². The molecule has 0 fully saturated rings. The lowest BCUT2D eigenvalue weighted by Gasteiger charge is -2.08. The first-order valence-corrected chi connectivity index (χ1v) is 8.06. The van der Waals surface area contributed by atoms with Gasteiger partial charge in [0, 0.05) is 22.6 Å². The molecule has 1 aromatic heterocycles. The molecule has 23 heavy (non-hydrogen) atoms. The number of anilines is 1. The van der Waals surface area contributed by atoms with Crippen LogP contribution >= 0.6 is 15.9 Å². The van der Waals surface area contributed by atoms with Gasteiger partial charge in [0.05, 0.1) is 5.69 Å². The van der Waals surface area contributed by atoms with Gasteiger partial charge in [0.25, 0.3) is 5.56 Å². The molecular formula is C18H16BrN3O. The van der Waals surface area contributed by atoms with Gasteiger partial charge < -0.3 is 5.32 Å². The van der Waals surface area contributed by atoms with Crippen molar-refractivity contribution in [2.75, 3.05) is 5.32 Å². The van der Waals surface area contributed by atoms with E-state index in [1.165, 1.54) is 11.6 Å². The van der Waals surface area contributed by atoms with Crippen molar-refractivity contribution in [1.82, 2.24) is 9.97 Å². The standard InChI is InChI=1S/C18H16BrN3O/c1-12-2-6-14(7-3-12)16-10-17(23)22-18(21-16)20-11-13-4-8-15(19)9-5-13/h2-10H,11H2,1H3,(H2,20,21,22,23). The summed E-state index contributed by atoms with van der Waals surface area (Å²) in [7, 11) is 0. The van der Waals surface area contributed by atoms with Gasteiger partial charge in [-0.05, 0) is 24.6 Å². The second-order valence-corrected chi connectivity index (χ2v) is 6.24. The van der Waals surface area contributed by atoms with Crippen LogP contribution in [0.2, 0.25) is 0 Å². The fourth-order valence-corrected chi connectivity index (χ4v) is 2.47. The zero-order valence-corrected chi connectivity index (χ0v) is 14.2. The number of aromatic amines is 1. The third-order valence-electron chi connectivity index (χ3n) is 3.46. The summed E-state index contributed by atoms with van der Waals surface area (Å²) in [5.41, 5.74) is 3.69. The van der Waals surface area contributed by atoms with E-state index in [4.69, 9.17) is 0 Å². The highest BCUT2D eigenvalue weighted by Gasteiger charge is 2.04. The zero-order valence-electron chi connectivity index (χ0n) is 12.6. The second-order valence-electron chi connectivity index (χ2n) is 5.33. The number of H-pyrrole nitrogens is 1. The Kier molecular flexibility index (Phi) is 4.57. The molecule has 0 radical (unpaired) electrons. The molecule has 5 heteroatoms. The van der Waals surface area contributed by atoms with Crippen molar-refractivity contribution in [2.24, 2.45) is 0 Å². The fraction of sp³-hybridized carbons (Fsp3) is 0.111. The first kappa shape index (κ1) is 15.5. The van der Waals surface area contributed by atoms with E-state index in [2.05, 4.69) is 31.2 Å². The summed E-state index contributed by atoms with van der Waals surface area (Å²) < 4.78 is 1.04. The van der Waals surface area contributed by atoms with Gasteiger partial charge in [-0.25, -0.2) is 4.98 Å². The zero-order chi connectivity index (χ0) is 16.2. The molecule has 2 aromatic carbocycles. The number of aromatic nitrogens is 2. The Bertz CT molecular complexity index is 855. The average Bonchev–Trinajstić information content (AvgIpc) is 2.54. The lowest BCUT2D eigenvalue weighted by molar-refractivity contribution is 1.04. The number of aryl methyl sites for hydroxylation is 1. The Hall–Kier alpha value is -2.40. The summed E-state index contributed by atoms with van der Waals surface area (Å²) in [6.07, 6.45) is 0. The maximum Gasteiger partial charge on any atom is 0.252 e. The summed E-state index contributed by atoms with van der Waals surface area (Å²) in [4.78, 5) is 19.1. The summed E-state index contributed by atoms with van der Waals surface area (Å²) in [6.45, 7) is 2.62. The van der Waals surface area contributed by atoms with Crippen molar-refractivity contribution in [3.8, 4) is 11.3 Å². The van der Waals surface area contributed by atoms with Gasteiger partial charge in [0.15, 0.2) is 0 Å². The average molecular weight is 370 g/mol. The summed E-state index contributed by atoms with van der Waals surface area (Å²) in [5.74, 6) is 0.469. The molecule has 0 spiro atoms. The van der Waals surface area contributed by atoms with E-state index in [1.54, 1.807) is 0 Å². The Morgan fingerprint density at radius 2 is 1.78 bits per heavy atom. The topological polar surface area (TPSA) is 57.8 Å². The van der Waals surface area contributed by atoms with Crippen LogP contribution in [-0.4, -0.2) is 9.97 Å². The molecule has 0 bridgehead atoms. The molecule has 0 aliphatic heterocycles. The maximum atomic E-state index is 11.9. The summed E-state index contributed by atoms with van der Waals surface area (Å²) >= 11 is 3.41. The number of nitrogens with zero attached hydrogens (tertiary/aromatic N) is 1. The van der Waals surface area contributed by atoms with E-state index in [0.717, 1.165) is 15.6 Å². The van der Waals surface area contributed by atoms with E-state index >= 15 is 0 Å². The van der Waals surface area contributed by atoms with Crippen LogP contribution in [0, 0.1) is 6.92 Å². The number of rotatable bonds is 4. The molecule has 0 unspecified atom stereocenters. The SMILES string of the molecule is Cc1ccc(-c2cc(=O)[nH]c(NCc3ccc(Br)cc3)n2)cc1. The third kappa shape index (κ3) is 4.07. The van der Waals surface area contributed by atoms with Gasteiger partial charge >= 0.3 is 0 Å². The largest absolute Gasteiger partial charge is 0.352 e. The van der Waals surface area contributed by atoms with Crippen molar-refractivity contribution < 1.29 is 0 Å². The molecular weight excluding hydrogens is 354 g/mol. The molecule has 3 rings (SSSR count). The molecule has 0 aliphatic rings. The number of benzene rings is 2. The minimum atomic E-state index is -0.172. The van der Waals surface area contributed by atoms with Gasteiger partial charge in [0.2, 0.25) is 5.95 Å². The molecule has 3 aromatic rings. The number of halogens is 1. The quantitative estimate of drug-likeness (QED) is 0.727. The molecule has 1 heterocycles. The van der Waals surface area contributed by atoms with Crippen molar-refractivity contribution in [2.45, 2.75) is 13.5 Å². The number of hydrogen-bond acceptors (Lipinski definition) is 3. The van der Waals surface area contributed by atoms with Crippen LogP contribution in [0.25, 0.3) is 11.3 Å². The predicted octanol–water partition coefficient (Wildman–Crippen LogP) is 4.12. The Balaban J connectivity index is 1.81. The molecule has 0 saturated heterocycles. The highest BCUT2D eigenvalue weighted by Crippen LogP contribution is 2.17. The van der Waals surface area contributed by atoms with Gasteiger partial charge in [-0.2, -0.15) is 0 Å². The van der Waals surface area contributed by atoms with Crippen molar-refractivity contribution in [1.29, 1.82) is 0 Å². The van der Waals surface area contributed by atoms with Crippen LogP contribution < -0.4 is 10.9 Å². The van der Waals surface area contributed by atoms with E-state index in [9.17, 15) is 4.79 Å². The van der Waals surface area contributed by atoms with Crippen LogP contribution in [0.5, 0.6) is 0 Å². The molecule has 4 nitrogen and oxygen atoms in total. The predicted molar refractivity (Wildman–Crippen MR) is 96.5 cm³/mol. The number of nitrogens with one attached hydrogen (secondary N) is 2. The lowest BCUT2D eigenvalue weighted by Crippen LogP contribution is -2.12. The normalized spacial score (nSPS) is 10.5. The van der Waals surface area contributed by atoms with Crippen LogP contribution in [-0.2, 0) is 6.54 Å². The third-order valence-corrected chi connectivity index (χ3v) is 3.99. The first-order valence-electron chi connectivity index (χ1n) is 7.27. The minimum Gasteiger partial charge on any atom is -0.352 e. The minimum absolute atomic E-state index is 0.172.